The van der Waals surface area contributed by atoms with Gasteiger partial charge in [0.05, 0.1) is 12.3 Å². The Morgan fingerprint density at radius 2 is 2.04 bits per heavy atom. The van der Waals surface area contributed by atoms with E-state index in [0.717, 1.165) is 33.5 Å². The van der Waals surface area contributed by atoms with Gasteiger partial charge < -0.3 is 5.73 Å². The lowest BCUT2D eigenvalue weighted by molar-refractivity contribution is 0.837. The van der Waals surface area contributed by atoms with Crippen molar-refractivity contribution < 1.29 is 0 Å². The zero-order valence-corrected chi connectivity index (χ0v) is 14.9. The van der Waals surface area contributed by atoms with E-state index in [-0.39, 0.29) is 0 Å². The van der Waals surface area contributed by atoms with Crippen LogP contribution >= 0.6 is 22.9 Å². The van der Waals surface area contributed by atoms with Crippen LogP contribution in [0.2, 0.25) is 5.02 Å². The van der Waals surface area contributed by atoms with Crippen molar-refractivity contribution in [3.63, 3.8) is 0 Å². The van der Waals surface area contributed by atoms with E-state index in [2.05, 4.69) is 24.0 Å². The molecule has 122 valence electrons. The van der Waals surface area contributed by atoms with E-state index in [9.17, 15) is 0 Å². The van der Waals surface area contributed by atoms with E-state index < -0.39 is 0 Å². The number of aromatic nitrogens is 3. The van der Waals surface area contributed by atoms with Crippen molar-refractivity contribution in [2.45, 2.75) is 26.9 Å². The lowest BCUT2D eigenvalue weighted by Gasteiger charge is -2.10. The van der Waals surface area contributed by atoms with Crippen LogP contribution in [0, 0.1) is 13.8 Å². The summed E-state index contributed by atoms with van der Waals surface area (Å²) in [7, 11) is 0. The van der Waals surface area contributed by atoms with Gasteiger partial charge in [0.2, 0.25) is 0 Å². The van der Waals surface area contributed by atoms with Crippen molar-refractivity contribution in [2.24, 2.45) is 10.7 Å². The summed E-state index contributed by atoms with van der Waals surface area (Å²) < 4.78 is 2.05. The third-order valence-electron chi connectivity index (χ3n) is 4.29. The Balaban J connectivity index is 2.03. The second kappa shape index (κ2) is 5.81. The van der Waals surface area contributed by atoms with Crippen LogP contribution in [0.5, 0.6) is 0 Å². The Bertz CT molecular complexity index is 970. The van der Waals surface area contributed by atoms with E-state index in [1.54, 1.807) is 11.3 Å². The molecule has 0 saturated carbocycles. The van der Waals surface area contributed by atoms with Crippen molar-refractivity contribution >= 4 is 28.6 Å². The largest absolute Gasteiger partial charge is 0.324 e. The molecule has 0 radical (unpaired) electrons. The summed E-state index contributed by atoms with van der Waals surface area (Å²) in [6, 6.07) is 7.81. The van der Waals surface area contributed by atoms with Crippen LogP contribution in [0.25, 0.3) is 5.00 Å². The van der Waals surface area contributed by atoms with Crippen LogP contribution in [-0.4, -0.2) is 20.5 Å². The molecule has 24 heavy (non-hydrogen) atoms. The molecule has 0 saturated heterocycles. The number of halogens is 1. The van der Waals surface area contributed by atoms with Gasteiger partial charge in [-0.15, -0.1) is 21.5 Å². The molecule has 1 aromatic carbocycles. The smallest absolute Gasteiger partial charge is 0.160 e. The highest BCUT2D eigenvalue weighted by Gasteiger charge is 2.27. The Morgan fingerprint density at radius 1 is 1.25 bits per heavy atom. The fraction of sp³-hybridized carbons (Fsp3) is 0.235. The van der Waals surface area contributed by atoms with Gasteiger partial charge in [-0.1, -0.05) is 29.8 Å². The molecule has 3 heterocycles. The molecule has 1 aliphatic heterocycles. The molecule has 7 heteroatoms. The number of nitrogens with zero attached hydrogens (tertiary/aromatic N) is 4. The van der Waals surface area contributed by atoms with Gasteiger partial charge in [0.1, 0.15) is 11.5 Å². The molecule has 0 unspecified atom stereocenters. The third-order valence-corrected chi connectivity index (χ3v) is 5.82. The Morgan fingerprint density at radius 3 is 2.79 bits per heavy atom. The van der Waals surface area contributed by atoms with Crippen molar-refractivity contribution in [3.8, 4) is 5.00 Å². The summed E-state index contributed by atoms with van der Waals surface area (Å²) in [5, 5.41) is 10.3. The first kappa shape index (κ1) is 15.5. The average Bonchev–Trinajstić information content (AvgIpc) is 3.06. The Labute approximate surface area is 148 Å². The van der Waals surface area contributed by atoms with Gasteiger partial charge in [-0.05, 0) is 25.5 Å². The van der Waals surface area contributed by atoms with Crippen molar-refractivity contribution in [2.75, 3.05) is 0 Å². The minimum absolute atomic E-state index is 0.337. The van der Waals surface area contributed by atoms with Crippen LogP contribution in [0.3, 0.4) is 0 Å². The molecular weight excluding hydrogens is 342 g/mol. The van der Waals surface area contributed by atoms with E-state index in [0.29, 0.717) is 18.1 Å². The van der Waals surface area contributed by atoms with Crippen LogP contribution in [0.15, 0.2) is 29.3 Å². The lowest BCUT2D eigenvalue weighted by Crippen LogP contribution is -2.10. The van der Waals surface area contributed by atoms with Gasteiger partial charge in [0.15, 0.2) is 11.6 Å². The molecule has 3 aromatic rings. The second-order valence-corrected chi connectivity index (χ2v) is 7.29. The summed E-state index contributed by atoms with van der Waals surface area (Å²) in [5.74, 6) is 1.56. The van der Waals surface area contributed by atoms with Crippen LogP contribution in [0.1, 0.15) is 33.2 Å². The van der Waals surface area contributed by atoms with Gasteiger partial charge in [0.25, 0.3) is 0 Å². The summed E-state index contributed by atoms with van der Waals surface area (Å²) in [6.45, 7) is 5.02. The first-order chi connectivity index (χ1) is 11.6. The Kier molecular flexibility index (Phi) is 3.75. The number of thiophene rings is 1. The minimum atomic E-state index is 0.337. The molecule has 5 nitrogen and oxygen atoms in total. The summed E-state index contributed by atoms with van der Waals surface area (Å²) in [6.07, 6.45) is 0. The predicted octanol–water partition coefficient (Wildman–Crippen LogP) is 3.41. The second-order valence-electron chi connectivity index (χ2n) is 5.68. The maximum atomic E-state index is 6.45. The van der Waals surface area contributed by atoms with Crippen LogP contribution in [-0.2, 0) is 13.1 Å². The third kappa shape index (κ3) is 2.22. The van der Waals surface area contributed by atoms with Gasteiger partial charge in [-0.2, -0.15) is 0 Å². The highest BCUT2D eigenvalue weighted by atomic mass is 35.5. The number of nitrogens with two attached hydrogens (primary N) is 1. The van der Waals surface area contributed by atoms with Crippen molar-refractivity contribution in [1.29, 1.82) is 0 Å². The fourth-order valence-electron chi connectivity index (χ4n) is 2.97. The predicted molar refractivity (Wildman–Crippen MR) is 97.4 cm³/mol. The van der Waals surface area contributed by atoms with E-state index >= 15 is 0 Å². The van der Waals surface area contributed by atoms with Gasteiger partial charge in [-0.3, -0.25) is 9.56 Å². The number of hydrogen-bond acceptors (Lipinski definition) is 5. The topological polar surface area (TPSA) is 69.1 Å². The number of hydrogen-bond donors (Lipinski definition) is 1. The molecule has 0 amide bonds. The van der Waals surface area contributed by atoms with Gasteiger partial charge in [0, 0.05) is 21.0 Å². The molecule has 4 rings (SSSR count). The summed E-state index contributed by atoms with van der Waals surface area (Å²) >= 11 is 8.16. The average molecular weight is 358 g/mol. The standard InChI is InChI=1S/C17H16ClN5S/c1-9-10(2)24-17-15(9)16(11-5-3-4-6-12(11)18)20-8-14-22-21-13(7-19)23(14)17/h3-6H,7-8,19H2,1-2H3. The number of aryl methyl sites for hydroxylation is 1. The monoisotopic (exact) mass is 357 g/mol. The highest BCUT2D eigenvalue weighted by molar-refractivity contribution is 7.15. The quantitative estimate of drug-likeness (QED) is 0.764. The highest BCUT2D eigenvalue weighted by Crippen LogP contribution is 2.37. The van der Waals surface area contributed by atoms with Crippen molar-refractivity contribution in [1.82, 2.24) is 14.8 Å². The number of rotatable bonds is 2. The molecular formula is C17H16ClN5S. The maximum absolute atomic E-state index is 6.45. The van der Waals surface area contributed by atoms with E-state index in [1.807, 2.05) is 28.8 Å². The lowest BCUT2D eigenvalue weighted by atomic mass is 10.00. The molecule has 0 aliphatic carbocycles. The maximum Gasteiger partial charge on any atom is 0.160 e. The van der Waals surface area contributed by atoms with Crippen LogP contribution in [0.4, 0.5) is 0 Å². The Hall–Kier alpha value is -2.02. The molecule has 1 aliphatic rings. The molecule has 2 N–H and O–H groups in total. The minimum Gasteiger partial charge on any atom is -0.324 e. The van der Waals surface area contributed by atoms with E-state index in [4.69, 9.17) is 22.3 Å². The molecule has 0 spiro atoms. The number of fused-ring (bicyclic) bond motifs is 3. The molecule has 0 fully saturated rings. The fourth-order valence-corrected chi connectivity index (χ4v) is 4.39. The van der Waals surface area contributed by atoms with Gasteiger partial charge in [-0.25, -0.2) is 0 Å². The molecule has 0 bridgehead atoms. The SMILES string of the molecule is Cc1sc2c(c1C)C(c1ccccc1Cl)=NCc1nnc(CN)n1-2. The van der Waals surface area contributed by atoms with Crippen molar-refractivity contribution in [3.05, 3.63) is 62.5 Å². The zero-order valence-electron chi connectivity index (χ0n) is 13.4. The number of aliphatic imine (C=N–C) groups is 1. The molecule has 2 aromatic heterocycles. The number of benzene rings is 1. The van der Waals surface area contributed by atoms with Gasteiger partial charge >= 0.3 is 0 Å². The summed E-state index contributed by atoms with van der Waals surface area (Å²) in [5.41, 5.74) is 10.0. The normalized spacial score (nSPS) is 13.2. The van der Waals surface area contributed by atoms with E-state index in [1.165, 1.54) is 10.4 Å². The van der Waals surface area contributed by atoms with Crippen LogP contribution < -0.4 is 5.73 Å². The summed E-state index contributed by atoms with van der Waals surface area (Å²) in [4.78, 5) is 6.07. The first-order valence-electron chi connectivity index (χ1n) is 7.65. The molecule has 0 atom stereocenters. The zero-order chi connectivity index (χ0) is 16.8. The first-order valence-corrected chi connectivity index (χ1v) is 8.84.